The fourth-order valence-electron chi connectivity index (χ4n) is 3.22. The molecule has 1 aliphatic heterocycles. The molecule has 0 spiro atoms. The van der Waals surface area contributed by atoms with Gasteiger partial charge in [0.25, 0.3) is 5.56 Å². The van der Waals surface area contributed by atoms with E-state index in [1.165, 1.54) is 22.2 Å². The third-order valence-corrected chi connectivity index (χ3v) is 5.93. The number of likely N-dealkylation sites (N-methyl/N-ethyl adjacent to an activating group) is 1. The number of thiazole rings is 1. The fraction of sp³-hybridized carbons (Fsp3) is 0.368. The molecular weight excluding hydrogens is 376 g/mol. The summed E-state index contributed by atoms with van der Waals surface area (Å²) in [5, 5.41) is 3.60. The number of anilines is 2. The van der Waals surface area contributed by atoms with Crippen LogP contribution in [0, 0.1) is 0 Å². The van der Waals surface area contributed by atoms with Gasteiger partial charge in [-0.3, -0.25) is 14.2 Å². The number of piperazine rings is 1. The van der Waals surface area contributed by atoms with Crippen molar-refractivity contribution in [3.63, 3.8) is 0 Å². The smallest absolute Gasteiger partial charge is 0.273 e. The molecule has 4 rings (SSSR count). The Morgan fingerprint density at radius 2 is 1.93 bits per heavy atom. The maximum absolute atomic E-state index is 12.8. The van der Waals surface area contributed by atoms with Crippen LogP contribution in [0.4, 0.5) is 10.8 Å². The van der Waals surface area contributed by atoms with Crippen molar-refractivity contribution >= 4 is 38.4 Å². The van der Waals surface area contributed by atoms with Crippen LogP contribution in [-0.2, 0) is 11.3 Å². The zero-order chi connectivity index (χ0) is 19.5. The number of carbonyl (C=O) groups is 1. The van der Waals surface area contributed by atoms with Gasteiger partial charge < -0.3 is 15.1 Å². The van der Waals surface area contributed by atoms with Crippen molar-refractivity contribution in [3.8, 4) is 0 Å². The number of nitrogens with one attached hydrogen (secondary N) is 1. The van der Waals surface area contributed by atoms with Crippen molar-refractivity contribution in [2.24, 2.45) is 0 Å². The highest BCUT2D eigenvalue weighted by Crippen LogP contribution is 2.26. The zero-order valence-electron chi connectivity index (χ0n) is 15.7. The van der Waals surface area contributed by atoms with Crippen LogP contribution in [0.15, 0.2) is 41.5 Å². The Morgan fingerprint density at radius 3 is 2.64 bits per heavy atom. The molecule has 2 aromatic heterocycles. The van der Waals surface area contributed by atoms with Crippen LogP contribution in [0.5, 0.6) is 0 Å². The van der Waals surface area contributed by atoms with Crippen molar-refractivity contribution in [2.45, 2.75) is 13.5 Å². The van der Waals surface area contributed by atoms with Crippen LogP contribution in [0.25, 0.3) is 10.3 Å². The number of carbonyl (C=O) groups excluding carboxylic acids is 1. The highest BCUT2D eigenvalue weighted by atomic mass is 32.1. The molecule has 3 heterocycles. The number of aromatic nitrogens is 3. The highest BCUT2D eigenvalue weighted by molar-refractivity contribution is 7.22. The number of benzene rings is 1. The van der Waals surface area contributed by atoms with Crippen LogP contribution in [0.2, 0.25) is 0 Å². The molecule has 0 saturated carbocycles. The Bertz CT molecular complexity index is 1020. The minimum absolute atomic E-state index is 0.0843. The topological polar surface area (TPSA) is 83.4 Å². The third kappa shape index (κ3) is 3.90. The lowest BCUT2D eigenvalue weighted by molar-refractivity contribution is -0.116. The van der Waals surface area contributed by atoms with E-state index in [4.69, 9.17) is 0 Å². The van der Waals surface area contributed by atoms with Crippen LogP contribution in [-0.4, -0.2) is 58.1 Å². The van der Waals surface area contributed by atoms with Gasteiger partial charge in [0.1, 0.15) is 17.6 Å². The quantitative estimate of drug-likeness (QED) is 0.703. The van der Waals surface area contributed by atoms with Gasteiger partial charge in [-0.15, -0.1) is 0 Å². The van der Waals surface area contributed by atoms with E-state index in [0.717, 1.165) is 37.9 Å². The van der Waals surface area contributed by atoms with Crippen molar-refractivity contribution < 1.29 is 4.79 Å². The Kier molecular flexibility index (Phi) is 5.36. The van der Waals surface area contributed by atoms with E-state index < -0.39 is 0 Å². The molecule has 0 unspecified atom stereocenters. The number of nitrogens with zero attached hydrogens (tertiary/aromatic N) is 5. The Morgan fingerprint density at radius 1 is 1.18 bits per heavy atom. The molecule has 3 aromatic rings. The van der Waals surface area contributed by atoms with Gasteiger partial charge in [-0.2, -0.15) is 4.98 Å². The lowest BCUT2D eigenvalue weighted by Gasteiger charge is -2.33. The van der Waals surface area contributed by atoms with Gasteiger partial charge in [-0.25, -0.2) is 4.98 Å². The molecule has 28 heavy (non-hydrogen) atoms. The summed E-state index contributed by atoms with van der Waals surface area (Å²) in [4.78, 5) is 38.5. The maximum atomic E-state index is 12.8. The lowest BCUT2D eigenvalue weighted by Crippen LogP contribution is -2.46. The number of amides is 1. The molecule has 0 aliphatic carbocycles. The first-order valence-corrected chi connectivity index (χ1v) is 10.1. The Balaban J connectivity index is 1.51. The minimum Gasteiger partial charge on any atom is -0.345 e. The van der Waals surface area contributed by atoms with E-state index in [9.17, 15) is 9.59 Å². The molecule has 1 N–H and O–H groups in total. The van der Waals surface area contributed by atoms with Crippen LogP contribution >= 0.6 is 11.3 Å². The van der Waals surface area contributed by atoms with Gasteiger partial charge in [0.15, 0.2) is 10.8 Å². The summed E-state index contributed by atoms with van der Waals surface area (Å²) in [7, 11) is 0. The molecule has 0 bridgehead atoms. The monoisotopic (exact) mass is 398 g/mol. The standard InChI is InChI=1S/C19H22N6O2S/c1-2-23-8-10-24(11-9-23)19-22-17-16(28-19)18(27)25(13-20-17)12-15(26)21-14-6-4-3-5-7-14/h3-7,13H,2,8-12H2,1H3,(H,21,26). The zero-order valence-corrected chi connectivity index (χ0v) is 16.5. The average molecular weight is 398 g/mol. The second-order valence-corrected chi connectivity index (χ2v) is 7.64. The predicted molar refractivity (Wildman–Crippen MR) is 111 cm³/mol. The minimum atomic E-state index is -0.269. The average Bonchev–Trinajstić information content (AvgIpc) is 3.16. The summed E-state index contributed by atoms with van der Waals surface area (Å²) in [6, 6.07) is 9.16. The lowest BCUT2D eigenvalue weighted by atomic mass is 10.3. The van der Waals surface area contributed by atoms with E-state index in [1.807, 2.05) is 18.2 Å². The van der Waals surface area contributed by atoms with Crippen LogP contribution < -0.4 is 15.8 Å². The second kappa shape index (κ2) is 8.07. The number of para-hydroxylation sites is 1. The Hall–Kier alpha value is -2.78. The molecule has 8 nitrogen and oxygen atoms in total. The third-order valence-electron chi connectivity index (χ3n) is 4.83. The molecule has 146 valence electrons. The molecule has 1 aromatic carbocycles. The molecule has 1 aliphatic rings. The first kappa shape index (κ1) is 18.6. The van der Waals surface area contributed by atoms with E-state index in [0.29, 0.717) is 16.0 Å². The predicted octanol–water partition coefficient (Wildman–Crippen LogP) is 1.63. The highest BCUT2D eigenvalue weighted by Gasteiger charge is 2.20. The number of rotatable bonds is 5. The molecule has 9 heteroatoms. The molecule has 0 atom stereocenters. The van der Waals surface area contributed by atoms with Crippen LogP contribution in [0.1, 0.15) is 6.92 Å². The normalized spacial score (nSPS) is 15.1. The molecule has 0 radical (unpaired) electrons. The van der Waals surface area contributed by atoms with Gasteiger partial charge in [-0.1, -0.05) is 36.5 Å². The Labute approximate surface area is 166 Å². The van der Waals surface area contributed by atoms with Gasteiger partial charge >= 0.3 is 0 Å². The summed E-state index contributed by atoms with van der Waals surface area (Å²) < 4.78 is 1.82. The van der Waals surface area contributed by atoms with E-state index in [2.05, 4.69) is 32.0 Å². The number of fused-ring (bicyclic) bond motifs is 1. The molecular formula is C19H22N6O2S. The summed E-state index contributed by atoms with van der Waals surface area (Å²) in [6.07, 6.45) is 1.40. The summed E-state index contributed by atoms with van der Waals surface area (Å²) in [5.74, 6) is -0.269. The van der Waals surface area contributed by atoms with Gasteiger partial charge in [0.05, 0.1) is 0 Å². The number of hydrogen-bond acceptors (Lipinski definition) is 7. The maximum Gasteiger partial charge on any atom is 0.273 e. The van der Waals surface area contributed by atoms with E-state index >= 15 is 0 Å². The summed E-state index contributed by atoms with van der Waals surface area (Å²) in [5.41, 5.74) is 0.910. The van der Waals surface area contributed by atoms with Gasteiger partial charge in [-0.05, 0) is 18.7 Å². The SMILES string of the molecule is CCN1CCN(c2nc3ncn(CC(=O)Nc4ccccc4)c(=O)c3s2)CC1. The van der Waals surface area contributed by atoms with Crippen LogP contribution in [0.3, 0.4) is 0 Å². The first-order valence-electron chi connectivity index (χ1n) is 9.32. The van der Waals surface area contributed by atoms with E-state index in [1.54, 1.807) is 12.1 Å². The number of hydrogen-bond donors (Lipinski definition) is 1. The molecule has 1 saturated heterocycles. The first-order chi connectivity index (χ1) is 13.6. The van der Waals surface area contributed by atoms with Gasteiger partial charge in [0.2, 0.25) is 5.91 Å². The van der Waals surface area contributed by atoms with Crippen molar-refractivity contribution in [1.29, 1.82) is 0 Å². The van der Waals surface area contributed by atoms with Crippen molar-refractivity contribution in [3.05, 3.63) is 47.0 Å². The van der Waals surface area contributed by atoms with Crippen molar-refractivity contribution in [2.75, 3.05) is 42.9 Å². The summed E-state index contributed by atoms with van der Waals surface area (Å²) >= 11 is 1.35. The second-order valence-electron chi connectivity index (χ2n) is 6.66. The summed E-state index contributed by atoms with van der Waals surface area (Å²) in [6.45, 7) is 6.88. The van der Waals surface area contributed by atoms with Gasteiger partial charge in [0, 0.05) is 31.9 Å². The fourth-order valence-corrected chi connectivity index (χ4v) is 4.24. The van der Waals surface area contributed by atoms with Crippen molar-refractivity contribution in [1.82, 2.24) is 19.4 Å². The largest absolute Gasteiger partial charge is 0.345 e. The molecule has 1 amide bonds. The van der Waals surface area contributed by atoms with E-state index in [-0.39, 0.29) is 18.0 Å². The molecule has 1 fully saturated rings.